The standard InChI is InChI=1S/C13H11ClN4/c1-8-4-3-5-9(2)11(8)18-12-10(7-16-18)6-15-13(14)17-12/h3-7H,1-2H3. The lowest BCUT2D eigenvalue weighted by atomic mass is 10.1. The molecule has 0 saturated carbocycles. The number of rotatable bonds is 1. The molecule has 0 bridgehead atoms. The van der Waals surface area contributed by atoms with Gasteiger partial charge in [0.1, 0.15) is 0 Å². The van der Waals surface area contributed by atoms with Crippen molar-refractivity contribution in [2.45, 2.75) is 13.8 Å². The minimum Gasteiger partial charge on any atom is -0.226 e. The number of hydrogen-bond acceptors (Lipinski definition) is 3. The maximum Gasteiger partial charge on any atom is 0.224 e. The average Bonchev–Trinajstić information content (AvgIpc) is 2.72. The van der Waals surface area contributed by atoms with E-state index in [0.29, 0.717) is 0 Å². The lowest BCUT2D eigenvalue weighted by Gasteiger charge is -2.10. The molecule has 0 atom stereocenters. The molecule has 0 aliphatic heterocycles. The summed E-state index contributed by atoms with van der Waals surface area (Å²) in [6, 6.07) is 6.14. The van der Waals surface area contributed by atoms with Gasteiger partial charge in [0.25, 0.3) is 0 Å². The normalized spacial score (nSPS) is 11.1. The number of aryl methyl sites for hydroxylation is 2. The van der Waals surface area contributed by atoms with Gasteiger partial charge in [0.05, 0.1) is 17.3 Å². The Morgan fingerprint density at radius 2 is 1.83 bits per heavy atom. The number of hydrogen-bond donors (Lipinski definition) is 0. The summed E-state index contributed by atoms with van der Waals surface area (Å²) in [5.74, 6) is 0. The predicted molar refractivity (Wildman–Crippen MR) is 71.1 cm³/mol. The van der Waals surface area contributed by atoms with Crippen molar-refractivity contribution in [3.05, 3.63) is 47.0 Å². The van der Waals surface area contributed by atoms with Crippen LogP contribution < -0.4 is 0 Å². The number of benzene rings is 1. The predicted octanol–water partition coefficient (Wildman–Crippen LogP) is 3.09. The number of aromatic nitrogens is 4. The Morgan fingerprint density at radius 1 is 1.11 bits per heavy atom. The van der Waals surface area contributed by atoms with E-state index in [1.165, 1.54) is 0 Å². The van der Waals surface area contributed by atoms with Gasteiger partial charge < -0.3 is 0 Å². The Kier molecular flexibility index (Phi) is 2.52. The molecule has 2 aromatic heterocycles. The molecule has 3 aromatic rings. The molecule has 4 nitrogen and oxygen atoms in total. The number of para-hydroxylation sites is 1. The summed E-state index contributed by atoms with van der Waals surface area (Å²) in [5, 5.41) is 5.49. The first kappa shape index (κ1) is 11.2. The molecule has 0 aliphatic carbocycles. The molecule has 0 aliphatic rings. The third-order valence-corrected chi connectivity index (χ3v) is 3.11. The van der Waals surface area contributed by atoms with E-state index in [1.54, 1.807) is 12.4 Å². The van der Waals surface area contributed by atoms with Gasteiger partial charge in [0.15, 0.2) is 5.65 Å². The Bertz CT molecular complexity index is 713. The third kappa shape index (κ3) is 1.66. The summed E-state index contributed by atoms with van der Waals surface area (Å²) in [7, 11) is 0. The van der Waals surface area contributed by atoms with Crippen LogP contribution in [0, 0.1) is 13.8 Å². The highest BCUT2D eigenvalue weighted by atomic mass is 35.5. The number of fused-ring (bicyclic) bond motifs is 1. The van der Waals surface area contributed by atoms with Gasteiger partial charge in [-0.1, -0.05) is 18.2 Å². The van der Waals surface area contributed by atoms with Crippen LogP contribution in [0.25, 0.3) is 16.7 Å². The molecule has 5 heteroatoms. The highest BCUT2D eigenvalue weighted by Crippen LogP contribution is 2.22. The van der Waals surface area contributed by atoms with Crippen molar-refractivity contribution in [1.29, 1.82) is 0 Å². The molecule has 0 unspecified atom stereocenters. The van der Waals surface area contributed by atoms with E-state index in [4.69, 9.17) is 11.6 Å². The van der Waals surface area contributed by atoms with Crippen LogP contribution in [0.1, 0.15) is 11.1 Å². The first-order chi connectivity index (χ1) is 8.66. The van der Waals surface area contributed by atoms with Crippen molar-refractivity contribution < 1.29 is 0 Å². The van der Waals surface area contributed by atoms with Crippen LogP contribution >= 0.6 is 11.6 Å². The fourth-order valence-electron chi connectivity index (χ4n) is 2.10. The van der Waals surface area contributed by atoms with Crippen molar-refractivity contribution in [3.63, 3.8) is 0 Å². The van der Waals surface area contributed by atoms with Crippen molar-refractivity contribution in [2.75, 3.05) is 0 Å². The molecule has 0 radical (unpaired) electrons. The quantitative estimate of drug-likeness (QED) is 0.630. The van der Waals surface area contributed by atoms with Gasteiger partial charge in [-0.2, -0.15) is 10.1 Å². The molecule has 0 saturated heterocycles. The average molecular weight is 259 g/mol. The largest absolute Gasteiger partial charge is 0.226 e. The summed E-state index contributed by atoms with van der Waals surface area (Å²) in [6.45, 7) is 4.11. The minimum atomic E-state index is 0.232. The van der Waals surface area contributed by atoms with Crippen LogP contribution in [0.5, 0.6) is 0 Å². The number of nitrogens with zero attached hydrogens (tertiary/aromatic N) is 4. The van der Waals surface area contributed by atoms with Crippen molar-refractivity contribution in [1.82, 2.24) is 19.7 Å². The molecule has 0 amide bonds. The fourth-order valence-corrected chi connectivity index (χ4v) is 2.23. The molecule has 2 heterocycles. The zero-order valence-electron chi connectivity index (χ0n) is 10.1. The van der Waals surface area contributed by atoms with Crippen LogP contribution in [0.15, 0.2) is 30.6 Å². The molecule has 90 valence electrons. The minimum absolute atomic E-state index is 0.232. The molecule has 0 spiro atoms. The zero-order valence-corrected chi connectivity index (χ0v) is 10.8. The molecule has 1 aromatic carbocycles. The maximum absolute atomic E-state index is 5.85. The van der Waals surface area contributed by atoms with E-state index in [2.05, 4.69) is 41.0 Å². The summed E-state index contributed by atoms with van der Waals surface area (Å²) < 4.78 is 1.81. The van der Waals surface area contributed by atoms with Gasteiger partial charge in [-0.25, -0.2) is 9.67 Å². The lowest BCUT2D eigenvalue weighted by Crippen LogP contribution is -2.02. The van der Waals surface area contributed by atoms with Crippen molar-refractivity contribution in [3.8, 4) is 5.69 Å². The van der Waals surface area contributed by atoms with Crippen LogP contribution in [-0.2, 0) is 0 Å². The summed E-state index contributed by atoms with van der Waals surface area (Å²) in [5.41, 5.74) is 4.07. The van der Waals surface area contributed by atoms with E-state index in [1.807, 2.05) is 10.7 Å². The fraction of sp³-hybridized carbons (Fsp3) is 0.154. The van der Waals surface area contributed by atoms with Crippen molar-refractivity contribution in [2.24, 2.45) is 0 Å². The van der Waals surface area contributed by atoms with E-state index >= 15 is 0 Å². The van der Waals surface area contributed by atoms with Gasteiger partial charge in [-0.05, 0) is 36.6 Å². The van der Waals surface area contributed by atoms with Crippen LogP contribution in [-0.4, -0.2) is 19.7 Å². The van der Waals surface area contributed by atoms with Crippen LogP contribution in [0.4, 0.5) is 0 Å². The SMILES string of the molecule is Cc1cccc(C)c1-n1ncc2cnc(Cl)nc21. The topological polar surface area (TPSA) is 43.6 Å². The zero-order chi connectivity index (χ0) is 12.7. The molecule has 18 heavy (non-hydrogen) atoms. The van der Waals surface area contributed by atoms with Gasteiger partial charge in [-0.15, -0.1) is 0 Å². The second-order valence-electron chi connectivity index (χ2n) is 4.21. The Morgan fingerprint density at radius 3 is 2.56 bits per heavy atom. The Balaban J connectivity index is 2.35. The van der Waals surface area contributed by atoms with E-state index in [-0.39, 0.29) is 5.28 Å². The van der Waals surface area contributed by atoms with Crippen molar-refractivity contribution >= 4 is 22.6 Å². The summed E-state index contributed by atoms with van der Waals surface area (Å²) in [6.07, 6.45) is 3.43. The highest BCUT2D eigenvalue weighted by molar-refractivity contribution is 6.28. The van der Waals surface area contributed by atoms with Gasteiger partial charge >= 0.3 is 0 Å². The molecular weight excluding hydrogens is 248 g/mol. The maximum atomic E-state index is 5.85. The smallest absolute Gasteiger partial charge is 0.224 e. The molecule has 0 fully saturated rings. The molecule has 0 N–H and O–H groups in total. The van der Waals surface area contributed by atoms with Crippen LogP contribution in [0.3, 0.4) is 0 Å². The van der Waals surface area contributed by atoms with Gasteiger partial charge in [-0.3, -0.25) is 0 Å². The first-order valence-corrected chi connectivity index (χ1v) is 5.97. The van der Waals surface area contributed by atoms with E-state index < -0.39 is 0 Å². The highest BCUT2D eigenvalue weighted by Gasteiger charge is 2.11. The Labute approximate surface area is 109 Å². The molecule has 3 rings (SSSR count). The second kappa shape index (κ2) is 4.07. The monoisotopic (exact) mass is 258 g/mol. The number of halogens is 1. The third-order valence-electron chi connectivity index (χ3n) is 2.93. The van der Waals surface area contributed by atoms with E-state index in [0.717, 1.165) is 27.8 Å². The Hall–Kier alpha value is -1.94. The first-order valence-electron chi connectivity index (χ1n) is 5.59. The lowest BCUT2D eigenvalue weighted by molar-refractivity contribution is 0.879. The summed E-state index contributed by atoms with van der Waals surface area (Å²) in [4.78, 5) is 8.21. The van der Waals surface area contributed by atoms with Gasteiger partial charge in [0.2, 0.25) is 5.28 Å². The summed E-state index contributed by atoms with van der Waals surface area (Å²) >= 11 is 5.85. The molecular formula is C13H11ClN4. The van der Waals surface area contributed by atoms with Gasteiger partial charge in [0, 0.05) is 6.20 Å². The second-order valence-corrected chi connectivity index (χ2v) is 4.55. The van der Waals surface area contributed by atoms with E-state index in [9.17, 15) is 0 Å². The van der Waals surface area contributed by atoms with Crippen LogP contribution in [0.2, 0.25) is 5.28 Å².